The minimum atomic E-state index is 0.0323. The lowest BCUT2D eigenvalue weighted by Crippen LogP contribution is -2.42. The molecule has 166 valence electrons. The van der Waals surface area contributed by atoms with Crippen LogP contribution in [0, 0.1) is 12.8 Å². The van der Waals surface area contributed by atoms with Gasteiger partial charge in [-0.1, -0.05) is 37.7 Å². The van der Waals surface area contributed by atoms with Gasteiger partial charge in [-0.3, -0.25) is 4.99 Å². The van der Waals surface area contributed by atoms with Crippen LogP contribution in [0.15, 0.2) is 34.4 Å². The fourth-order valence-electron chi connectivity index (χ4n) is 3.08. The van der Waals surface area contributed by atoms with Gasteiger partial charge in [0, 0.05) is 26.6 Å². The van der Waals surface area contributed by atoms with E-state index in [9.17, 15) is 0 Å². The highest BCUT2D eigenvalue weighted by molar-refractivity contribution is 7.98. The van der Waals surface area contributed by atoms with Crippen molar-refractivity contribution >= 4 is 17.7 Å². The molecule has 1 unspecified atom stereocenters. The highest BCUT2D eigenvalue weighted by atomic mass is 32.2. The maximum atomic E-state index is 5.97. The molecule has 1 atom stereocenters. The highest BCUT2D eigenvalue weighted by Gasteiger charge is 2.12. The molecule has 2 rings (SSSR count). The Hall–Kier alpha value is -2.22. The summed E-state index contributed by atoms with van der Waals surface area (Å²) in [6, 6.07) is 8.10. The molecule has 2 N–H and O–H groups in total. The van der Waals surface area contributed by atoms with E-state index >= 15 is 0 Å². The summed E-state index contributed by atoms with van der Waals surface area (Å²) in [5.74, 6) is 3.29. The maximum absolute atomic E-state index is 5.97. The Morgan fingerprint density at radius 3 is 2.70 bits per heavy atom. The normalized spacial score (nSPS) is 12.8. The first kappa shape index (κ1) is 24.1. The molecule has 0 aliphatic rings. The SMILES string of the molecule is CN=C(NCCCc1nnc(SC)n1CC(C)C)NCC(C)Oc1cccc(C)c1. The van der Waals surface area contributed by atoms with Crippen molar-refractivity contribution in [2.75, 3.05) is 26.4 Å². The van der Waals surface area contributed by atoms with Crippen LogP contribution in [-0.2, 0) is 13.0 Å². The zero-order valence-corrected chi connectivity index (χ0v) is 19.9. The summed E-state index contributed by atoms with van der Waals surface area (Å²) in [5, 5.41) is 16.4. The second-order valence-corrected chi connectivity index (χ2v) is 8.61. The van der Waals surface area contributed by atoms with Crippen LogP contribution >= 0.6 is 11.8 Å². The maximum Gasteiger partial charge on any atom is 0.191 e. The summed E-state index contributed by atoms with van der Waals surface area (Å²) in [7, 11) is 1.78. The third-order valence-corrected chi connectivity index (χ3v) is 5.17. The van der Waals surface area contributed by atoms with E-state index in [1.807, 2.05) is 31.4 Å². The number of ether oxygens (including phenoxy) is 1. The molecule has 1 aromatic heterocycles. The summed E-state index contributed by atoms with van der Waals surface area (Å²) in [5.41, 5.74) is 1.19. The molecule has 0 spiro atoms. The van der Waals surface area contributed by atoms with Gasteiger partial charge in [0.1, 0.15) is 17.7 Å². The molecular formula is C22H36N6OS. The quantitative estimate of drug-likeness (QED) is 0.245. The largest absolute Gasteiger partial charge is 0.489 e. The number of guanidine groups is 1. The number of hydrogen-bond acceptors (Lipinski definition) is 5. The number of aliphatic imine (C=N–C) groups is 1. The zero-order chi connectivity index (χ0) is 21.9. The first-order chi connectivity index (χ1) is 14.4. The van der Waals surface area contributed by atoms with Crippen LogP contribution in [0.5, 0.6) is 5.75 Å². The highest BCUT2D eigenvalue weighted by Crippen LogP contribution is 2.17. The van der Waals surface area contributed by atoms with Crippen LogP contribution in [0.3, 0.4) is 0 Å². The Balaban J connectivity index is 1.74. The van der Waals surface area contributed by atoms with E-state index in [2.05, 4.69) is 57.2 Å². The molecular weight excluding hydrogens is 396 g/mol. The van der Waals surface area contributed by atoms with E-state index in [-0.39, 0.29) is 6.10 Å². The van der Waals surface area contributed by atoms with Crippen molar-refractivity contribution in [3.05, 3.63) is 35.7 Å². The molecule has 0 amide bonds. The number of rotatable bonds is 11. The average Bonchev–Trinajstić information content (AvgIpc) is 3.08. The topological polar surface area (TPSA) is 76.4 Å². The number of thioether (sulfide) groups is 1. The van der Waals surface area contributed by atoms with Crippen LogP contribution in [0.2, 0.25) is 0 Å². The van der Waals surface area contributed by atoms with Gasteiger partial charge in [-0.05, 0) is 50.1 Å². The van der Waals surface area contributed by atoms with Gasteiger partial charge in [0.2, 0.25) is 0 Å². The van der Waals surface area contributed by atoms with Crippen LogP contribution in [0.25, 0.3) is 0 Å². The number of benzene rings is 1. The van der Waals surface area contributed by atoms with Crippen molar-refractivity contribution in [1.29, 1.82) is 0 Å². The van der Waals surface area contributed by atoms with Crippen molar-refractivity contribution in [2.45, 2.75) is 58.3 Å². The summed E-state index contributed by atoms with van der Waals surface area (Å²) in [6.07, 6.45) is 3.92. The molecule has 0 saturated heterocycles. The summed E-state index contributed by atoms with van der Waals surface area (Å²) in [4.78, 5) is 4.30. The Bertz CT molecular complexity index is 805. The van der Waals surface area contributed by atoms with E-state index in [1.54, 1.807) is 18.8 Å². The summed E-state index contributed by atoms with van der Waals surface area (Å²) < 4.78 is 8.21. The first-order valence-electron chi connectivity index (χ1n) is 10.6. The van der Waals surface area contributed by atoms with E-state index in [1.165, 1.54) is 5.56 Å². The number of aryl methyl sites for hydroxylation is 2. The average molecular weight is 433 g/mol. The molecule has 0 radical (unpaired) electrons. The van der Waals surface area contributed by atoms with Crippen LogP contribution < -0.4 is 15.4 Å². The minimum absolute atomic E-state index is 0.0323. The van der Waals surface area contributed by atoms with Gasteiger partial charge in [-0.25, -0.2) is 0 Å². The predicted molar refractivity (Wildman–Crippen MR) is 126 cm³/mol. The number of hydrogen-bond donors (Lipinski definition) is 2. The van der Waals surface area contributed by atoms with Gasteiger partial charge in [0.05, 0.1) is 6.54 Å². The molecule has 0 aliphatic carbocycles. The Labute approximate surface area is 185 Å². The van der Waals surface area contributed by atoms with Gasteiger partial charge in [-0.2, -0.15) is 0 Å². The van der Waals surface area contributed by atoms with Gasteiger partial charge < -0.3 is 19.9 Å². The third kappa shape index (κ3) is 7.89. The monoisotopic (exact) mass is 432 g/mol. The van der Waals surface area contributed by atoms with E-state index < -0.39 is 0 Å². The zero-order valence-electron chi connectivity index (χ0n) is 19.1. The van der Waals surface area contributed by atoms with E-state index in [4.69, 9.17) is 4.74 Å². The summed E-state index contributed by atoms with van der Waals surface area (Å²) >= 11 is 1.65. The molecule has 0 saturated carbocycles. The Kier molecular flexibility index (Phi) is 10.00. The van der Waals surface area contributed by atoms with Crippen molar-refractivity contribution in [3.63, 3.8) is 0 Å². The molecule has 1 heterocycles. The minimum Gasteiger partial charge on any atom is -0.489 e. The van der Waals surface area contributed by atoms with Gasteiger partial charge in [-0.15, -0.1) is 10.2 Å². The fraction of sp³-hybridized carbons (Fsp3) is 0.591. The first-order valence-corrected chi connectivity index (χ1v) is 11.8. The van der Waals surface area contributed by atoms with Crippen molar-refractivity contribution in [2.24, 2.45) is 10.9 Å². The lowest BCUT2D eigenvalue weighted by Gasteiger charge is -2.18. The third-order valence-electron chi connectivity index (χ3n) is 4.50. The molecule has 30 heavy (non-hydrogen) atoms. The van der Waals surface area contributed by atoms with Crippen LogP contribution in [-0.4, -0.2) is 53.2 Å². The van der Waals surface area contributed by atoms with Gasteiger partial charge in [0.25, 0.3) is 0 Å². The molecule has 0 fully saturated rings. The summed E-state index contributed by atoms with van der Waals surface area (Å²) in [6.45, 7) is 11.0. The Morgan fingerprint density at radius 1 is 1.23 bits per heavy atom. The van der Waals surface area contributed by atoms with E-state index in [0.717, 1.165) is 48.6 Å². The lowest BCUT2D eigenvalue weighted by atomic mass is 10.2. The number of nitrogens with one attached hydrogen (secondary N) is 2. The van der Waals surface area contributed by atoms with Gasteiger partial charge in [0.15, 0.2) is 11.1 Å². The van der Waals surface area contributed by atoms with Crippen molar-refractivity contribution in [1.82, 2.24) is 25.4 Å². The molecule has 2 aromatic rings. The second kappa shape index (κ2) is 12.5. The molecule has 8 heteroatoms. The molecule has 0 aliphatic heterocycles. The van der Waals surface area contributed by atoms with Crippen LogP contribution in [0.4, 0.5) is 0 Å². The van der Waals surface area contributed by atoms with Crippen molar-refractivity contribution < 1.29 is 4.74 Å². The smallest absolute Gasteiger partial charge is 0.191 e. The molecule has 7 nitrogen and oxygen atoms in total. The number of aromatic nitrogens is 3. The van der Waals surface area contributed by atoms with Gasteiger partial charge >= 0.3 is 0 Å². The Morgan fingerprint density at radius 2 is 2.03 bits per heavy atom. The van der Waals surface area contributed by atoms with E-state index in [0.29, 0.717) is 12.5 Å². The standard InChI is InChI=1S/C22H36N6OS/c1-16(2)15-28-20(26-27-22(28)30-6)11-8-12-24-21(23-5)25-14-18(4)29-19-10-7-9-17(3)13-19/h7,9-10,13,16,18H,8,11-12,14-15H2,1-6H3,(H2,23,24,25). The lowest BCUT2D eigenvalue weighted by molar-refractivity contribution is 0.223. The number of nitrogens with zero attached hydrogens (tertiary/aromatic N) is 4. The van der Waals surface area contributed by atoms with Crippen LogP contribution in [0.1, 0.15) is 38.6 Å². The molecule has 0 bridgehead atoms. The van der Waals surface area contributed by atoms with Crippen molar-refractivity contribution in [3.8, 4) is 5.75 Å². The molecule has 1 aromatic carbocycles. The second-order valence-electron chi connectivity index (χ2n) is 7.84. The fourth-order valence-corrected chi connectivity index (χ4v) is 3.60. The predicted octanol–water partition coefficient (Wildman–Crippen LogP) is 3.53.